The van der Waals surface area contributed by atoms with Crippen LogP contribution >= 0.6 is 11.3 Å². The van der Waals surface area contributed by atoms with Gasteiger partial charge in [-0.25, -0.2) is 9.97 Å². The summed E-state index contributed by atoms with van der Waals surface area (Å²) in [5.74, 6) is 0. The predicted octanol–water partition coefficient (Wildman–Crippen LogP) is 2.56. The molecule has 3 aromatic rings. The van der Waals surface area contributed by atoms with Crippen LogP contribution in [0, 0.1) is 11.3 Å². The van der Waals surface area contributed by atoms with Crippen molar-refractivity contribution in [1.29, 1.82) is 5.26 Å². The molecule has 0 aliphatic rings. The van der Waals surface area contributed by atoms with Gasteiger partial charge in [0.05, 0.1) is 23.1 Å². The van der Waals surface area contributed by atoms with Crippen molar-refractivity contribution in [3.05, 3.63) is 34.9 Å². The molecule has 0 amide bonds. The van der Waals surface area contributed by atoms with Gasteiger partial charge in [0.2, 0.25) is 0 Å². The van der Waals surface area contributed by atoms with Crippen molar-refractivity contribution in [1.82, 2.24) is 15.0 Å². The first kappa shape index (κ1) is 9.07. The molecule has 1 aromatic carbocycles. The Morgan fingerprint density at radius 2 is 2.31 bits per heavy atom. The summed E-state index contributed by atoms with van der Waals surface area (Å²) in [7, 11) is 0. The van der Waals surface area contributed by atoms with E-state index in [0.29, 0.717) is 5.01 Å². The van der Waals surface area contributed by atoms with Crippen molar-refractivity contribution < 1.29 is 0 Å². The molecule has 2 heterocycles. The maximum Gasteiger partial charge on any atom is 0.194 e. The van der Waals surface area contributed by atoms with Crippen LogP contribution < -0.4 is 0 Å². The highest BCUT2D eigenvalue weighted by atomic mass is 32.1. The Labute approximate surface area is 95.2 Å². The van der Waals surface area contributed by atoms with E-state index in [1.165, 1.54) is 11.3 Å². The first-order valence-electron chi connectivity index (χ1n) is 4.66. The normalized spacial score (nSPS) is 10.4. The molecule has 16 heavy (non-hydrogen) atoms. The molecular weight excluding hydrogens is 220 g/mol. The highest BCUT2D eigenvalue weighted by Crippen LogP contribution is 2.24. The first-order chi connectivity index (χ1) is 7.86. The molecule has 4 nitrogen and oxygen atoms in total. The number of hydrogen-bond donors (Lipinski definition) is 1. The minimum Gasteiger partial charge on any atom is -0.345 e. The van der Waals surface area contributed by atoms with Crippen LogP contribution in [0.25, 0.3) is 22.3 Å². The van der Waals surface area contributed by atoms with Crippen molar-refractivity contribution in [2.75, 3.05) is 0 Å². The molecule has 0 saturated carbocycles. The summed E-state index contributed by atoms with van der Waals surface area (Å²) in [6.07, 6.45) is 1.66. The molecule has 0 saturated heterocycles. The minimum absolute atomic E-state index is 0.486. The average molecular weight is 226 g/mol. The number of hydrogen-bond acceptors (Lipinski definition) is 4. The highest BCUT2D eigenvalue weighted by molar-refractivity contribution is 7.10. The van der Waals surface area contributed by atoms with Gasteiger partial charge in [0.15, 0.2) is 5.01 Å². The van der Waals surface area contributed by atoms with Gasteiger partial charge in [-0.1, -0.05) is 6.07 Å². The van der Waals surface area contributed by atoms with Gasteiger partial charge >= 0.3 is 0 Å². The summed E-state index contributed by atoms with van der Waals surface area (Å²) >= 11 is 1.35. The molecule has 0 radical (unpaired) electrons. The Morgan fingerprint density at radius 1 is 1.38 bits per heavy atom. The zero-order chi connectivity index (χ0) is 11.0. The Morgan fingerprint density at radius 3 is 3.12 bits per heavy atom. The number of aromatic amines is 1. The van der Waals surface area contributed by atoms with E-state index < -0.39 is 0 Å². The van der Waals surface area contributed by atoms with E-state index in [9.17, 15) is 0 Å². The third kappa shape index (κ3) is 1.36. The van der Waals surface area contributed by atoms with Gasteiger partial charge in [0.1, 0.15) is 6.07 Å². The number of rotatable bonds is 1. The van der Waals surface area contributed by atoms with Gasteiger partial charge in [0, 0.05) is 10.9 Å². The van der Waals surface area contributed by atoms with Gasteiger partial charge in [-0.3, -0.25) is 0 Å². The van der Waals surface area contributed by atoms with Crippen LogP contribution in [0.15, 0.2) is 29.9 Å². The van der Waals surface area contributed by atoms with Gasteiger partial charge in [-0.05, 0) is 12.1 Å². The van der Waals surface area contributed by atoms with Crippen LogP contribution in [0.1, 0.15) is 5.01 Å². The molecule has 0 aliphatic heterocycles. The minimum atomic E-state index is 0.486. The molecule has 0 bridgehead atoms. The zero-order valence-corrected chi connectivity index (χ0v) is 8.95. The van der Waals surface area contributed by atoms with Crippen LogP contribution in [0.5, 0.6) is 0 Å². The number of imidazole rings is 1. The standard InChI is InChI=1S/C11H6N4S/c12-4-11-15-10(5-16-11)7-1-2-8-9(3-7)14-6-13-8/h1-3,5-6H,(H,13,14). The fraction of sp³-hybridized carbons (Fsp3) is 0. The molecule has 0 fully saturated rings. The lowest BCUT2D eigenvalue weighted by Crippen LogP contribution is -1.79. The summed E-state index contributed by atoms with van der Waals surface area (Å²) in [5, 5.41) is 11.1. The Hall–Kier alpha value is -2.19. The van der Waals surface area contributed by atoms with Crippen LogP contribution in [0.4, 0.5) is 0 Å². The van der Waals surface area contributed by atoms with E-state index in [1.54, 1.807) is 6.33 Å². The van der Waals surface area contributed by atoms with Crippen molar-refractivity contribution in [2.45, 2.75) is 0 Å². The monoisotopic (exact) mass is 226 g/mol. The Balaban J connectivity index is 2.14. The summed E-state index contributed by atoms with van der Waals surface area (Å²) in [6, 6.07) is 7.92. The van der Waals surface area contributed by atoms with E-state index in [0.717, 1.165) is 22.3 Å². The summed E-state index contributed by atoms with van der Waals surface area (Å²) in [4.78, 5) is 11.4. The number of H-pyrrole nitrogens is 1. The summed E-state index contributed by atoms with van der Waals surface area (Å²) in [6.45, 7) is 0. The van der Waals surface area contributed by atoms with E-state index >= 15 is 0 Å². The molecule has 5 heteroatoms. The smallest absolute Gasteiger partial charge is 0.194 e. The third-order valence-electron chi connectivity index (χ3n) is 2.32. The molecule has 0 unspecified atom stereocenters. The summed E-state index contributed by atoms with van der Waals surface area (Å²) < 4.78 is 0. The van der Waals surface area contributed by atoms with E-state index in [4.69, 9.17) is 5.26 Å². The van der Waals surface area contributed by atoms with Gasteiger partial charge in [-0.2, -0.15) is 5.26 Å². The van der Waals surface area contributed by atoms with Crippen molar-refractivity contribution in [3.8, 4) is 17.3 Å². The van der Waals surface area contributed by atoms with Crippen LogP contribution in [0.2, 0.25) is 0 Å². The quantitative estimate of drug-likeness (QED) is 0.693. The van der Waals surface area contributed by atoms with E-state index in [-0.39, 0.29) is 0 Å². The van der Waals surface area contributed by atoms with Crippen LogP contribution in [-0.2, 0) is 0 Å². The third-order valence-corrected chi connectivity index (χ3v) is 3.06. The molecule has 3 rings (SSSR count). The molecule has 0 atom stereocenters. The van der Waals surface area contributed by atoms with Crippen LogP contribution in [-0.4, -0.2) is 15.0 Å². The number of aromatic nitrogens is 3. The number of benzene rings is 1. The largest absolute Gasteiger partial charge is 0.345 e. The maximum absolute atomic E-state index is 8.72. The lowest BCUT2D eigenvalue weighted by atomic mass is 10.1. The second-order valence-electron chi connectivity index (χ2n) is 3.28. The average Bonchev–Trinajstić information content (AvgIpc) is 2.96. The molecule has 0 spiro atoms. The second kappa shape index (κ2) is 3.43. The second-order valence-corrected chi connectivity index (χ2v) is 4.14. The molecule has 1 N–H and O–H groups in total. The first-order valence-corrected chi connectivity index (χ1v) is 5.54. The fourth-order valence-corrected chi connectivity index (χ4v) is 2.17. The number of fused-ring (bicyclic) bond motifs is 1. The van der Waals surface area contributed by atoms with E-state index in [2.05, 4.69) is 15.0 Å². The number of thiazole rings is 1. The van der Waals surface area contributed by atoms with Gasteiger partial charge in [0.25, 0.3) is 0 Å². The lowest BCUT2D eigenvalue weighted by molar-refractivity contribution is 1.34. The number of nitriles is 1. The maximum atomic E-state index is 8.72. The molecular formula is C11H6N4S. The Kier molecular flexibility index (Phi) is 1.95. The van der Waals surface area contributed by atoms with Gasteiger partial charge < -0.3 is 4.98 Å². The van der Waals surface area contributed by atoms with Crippen molar-refractivity contribution >= 4 is 22.4 Å². The topological polar surface area (TPSA) is 65.4 Å². The number of nitrogens with one attached hydrogen (secondary N) is 1. The van der Waals surface area contributed by atoms with E-state index in [1.807, 2.05) is 29.6 Å². The number of nitrogens with zero attached hydrogens (tertiary/aromatic N) is 3. The fourth-order valence-electron chi connectivity index (χ4n) is 1.55. The summed E-state index contributed by atoms with van der Waals surface area (Å²) in [5.41, 5.74) is 3.73. The van der Waals surface area contributed by atoms with Crippen molar-refractivity contribution in [2.24, 2.45) is 0 Å². The molecule has 2 aromatic heterocycles. The van der Waals surface area contributed by atoms with Gasteiger partial charge in [-0.15, -0.1) is 11.3 Å². The lowest BCUT2D eigenvalue weighted by Gasteiger charge is -1.95. The van der Waals surface area contributed by atoms with Crippen molar-refractivity contribution in [3.63, 3.8) is 0 Å². The Bertz CT molecular complexity index is 689. The molecule has 0 aliphatic carbocycles. The van der Waals surface area contributed by atoms with Crippen LogP contribution in [0.3, 0.4) is 0 Å². The SMILES string of the molecule is N#Cc1nc(-c2ccc3nc[nH]c3c2)cs1. The molecule has 76 valence electrons. The highest BCUT2D eigenvalue weighted by Gasteiger charge is 2.05. The predicted molar refractivity (Wildman–Crippen MR) is 61.9 cm³/mol. The zero-order valence-electron chi connectivity index (χ0n) is 8.14.